The Kier molecular flexibility index (Phi) is 1.72. The second-order valence-electron chi connectivity index (χ2n) is 5.16. The number of nitrogens with two attached hydrogens (primary N) is 1. The van der Waals surface area contributed by atoms with E-state index in [-0.39, 0.29) is 5.60 Å². The second kappa shape index (κ2) is 2.71. The SMILES string of the molecule is NC1CCOC2(CCCC3CC32)C1. The third-order valence-corrected chi connectivity index (χ3v) is 4.26. The number of ether oxygens (including phenoxy) is 1. The lowest BCUT2D eigenvalue weighted by Crippen LogP contribution is -2.48. The Bertz CT molecular complexity index is 214. The molecule has 3 rings (SSSR count). The highest BCUT2D eigenvalue weighted by Crippen LogP contribution is 2.58. The summed E-state index contributed by atoms with van der Waals surface area (Å²) >= 11 is 0. The van der Waals surface area contributed by atoms with Gasteiger partial charge in [-0.1, -0.05) is 6.42 Å². The van der Waals surface area contributed by atoms with Gasteiger partial charge in [-0.3, -0.25) is 0 Å². The van der Waals surface area contributed by atoms with E-state index in [0.29, 0.717) is 6.04 Å². The topological polar surface area (TPSA) is 35.2 Å². The molecule has 2 aliphatic carbocycles. The van der Waals surface area contributed by atoms with Gasteiger partial charge in [0, 0.05) is 12.6 Å². The molecular weight excluding hydrogens is 162 g/mol. The Morgan fingerprint density at radius 1 is 1.31 bits per heavy atom. The highest BCUT2D eigenvalue weighted by atomic mass is 16.5. The Hall–Kier alpha value is -0.0800. The maximum Gasteiger partial charge on any atom is 0.0728 e. The van der Waals surface area contributed by atoms with Crippen molar-refractivity contribution in [2.24, 2.45) is 17.6 Å². The van der Waals surface area contributed by atoms with Gasteiger partial charge in [0.15, 0.2) is 0 Å². The molecule has 2 nitrogen and oxygen atoms in total. The first kappa shape index (κ1) is 8.25. The molecule has 1 spiro atoms. The van der Waals surface area contributed by atoms with Crippen molar-refractivity contribution in [1.82, 2.24) is 0 Å². The van der Waals surface area contributed by atoms with Crippen molar-refractivity contribution in [3.63, 3.8) is 0 Å². The molecule has 1 heterocycles. The number of rotatable bonds is 0. The van der Waals surface area contributed by atoms with Gasteiger partial charge in [0.2, 0.25) is 0 Å². The normalized spacial score (nSPS) is 54.7. The molecular formula is C11H19NO. The summed E-state index contributed by atoms with van der Waals surface area (Å²) in [7, 11) is 0. The fraction of sp³-hybridized carbons (Fsp3) is 1.00. The zero-order chi connectivity index (χ0) is 8.89. The van der Waals surface area contributed by atoms with E-state index in [1.807, 2.05) is 0 Å². The van der Waals surface area contributed by atoms with Gasteiger partial charge in [0.25, 0.3) is 0 Å². The number of hydrogen-bond acceptors (Lipinski definition) is 2. The zero-order valence-corrected chi connectivity index (χ0v) is 8.17. The Morgan fingerprint density at radius 2 is 2.23 bits per heavy atom. The van der Waals surface area contributed by atoms with Crippen LogP contribution in [0.5, 0.6) is 0 Å². The Balaban J connectivity index is 1.78. The average molecular weight is 181 g/mol. The summed E-state index contributed by atoms with van der Waals surface area (Å²) in [5, 5.41) is 0. The monoisotopic (exact) mass is 181 g/mol. The minimum Gasteiger partial charge on any atom is -0.375 e. The van der Waals surface area contributed by atoms with Gasteiger partial charge in [0.05, 0.1) is 5.60 Å². The molecule has 0 amide bonds. The van der Waals surface area contributed by atoms with Crippen LogP contribution in [0.4, 0.5) is 0 Å². The predicted molar refractivity (Wildman–Crippen MR) is 51.3 cm³/mol. The number of fused-ring (bicyclic) bond motifs is 2. The molecule has 4 unspecified atom stereocenters. The Labute approximate surface area is 79.8 Å². The van der Waals surface area contributed by atoms with E-state index in [4.69, 9.17) is 10.5 Å². The molecule has 0 radical (unpaired) electrons. The third kappa shape index (κ3) is 1.23. The molecule has 13 heavy (non-hydrogen) atoms. The molecule has 2 N–H and O–H groups in total. The van der Waals surface area contributed by atoms with Gasteiger partial charge in [-0.05, 0) is 43.9 Å². The largest absolute Gasteiger partial charge is 0.375 e. The maximum atomic E-state index is 6.05. The molecule has 4 atom stereocenters. The van der Waals surface area contributed by atoms with Crippen LogP contribution < -0.4 is 5.73 Å². The highest BCUT2D eigenvalue weighted by molar-refractivity contribution is 5.07. The van der Waals surface area contributed by atoms with Crippen molar-refractivity contribution in [1.29, 1.82) is 0 Å². The summed E-state index contributed by atoms with van der Waals surface area (Å²) in [6.07, 6.45) is 7.72. The molecule has 2 saturated carbocycles. The first-order valence-corrected chi connectivity index (χ1v) is 5.70. The van der Waals surface area contributed by atoms with Crippen molar-refractivity contribution in [3.05, 3.63) is 0 Å². The van der Waals surface area contributed by atoms with Gasteiger partial charge >= 0.3 is 0 Å². The lowest BCUT2D eigenvalue weighted by Gasteiger charge is -2.42. The zero-order valence-electron chi connectivity index (χ0n) is 8.17. The molecule has 2 heteroatoms. The van der Waals surface area contributed by atoms with Crippen LogP contribution in [0.15, 0.2) is 0 Å². The molecule has 3 fully saturated rings. The van der Waals surface area contributed by atoms with Crippen LogP contribution in [-0.2, 0) is 4.74 Å². The van der Waals surface area contributed by atoms with Gasteiger partial charge in [-0.25, -0.2) is 0 Å². The van der Waals surface area contributed by atoms with E-state index in [1.54, 1.807) is 0 Å². The first-order valence-electron chi connectivity index (χ1n) is 5.70. The van der Waals surface area contributed by atoms with Crippen molar-refractivity contribution >= 4 is 0 Å². The van der Waals surface area contributed by atoms with Crippen molar-refractivity contribution in [2.45, 2.75) is 50.2 Å². The molecule has 3 aliphatic rings. The van der Waals surface area contributed by atoms with E-state index in [9.17, 15) is 0 Å². The minimum atomic E-state index is 0.237. The van der Waals surface area contributed by atoms with Crippen molar-refractivity contribution in [2.75, 3.05) is 6.61 Å². The van der Waals surface area contributed by atoms with E-state index in [0.717, 1.165) is 31.3 Å². The van der Waals surface area contributed by atoms with Crippen molar-refractivity contribution < 1.29 is 4.74 Å². The predicted octanol–water partition coefficient (Wildman–Crippen LogP) is 1.68. The molecule has 0 aromatic rings. The standard InChI is InChI=1S/C11H19NO/c12-9-3-5-13-11(7-9)4-1-2-8-6-10(8)11/h8-10H,1-7,12H2. The second-order valence-corrected chi connectivity index (χ2v) is 5.16. The summed E-state index contributed by atoms with van der Waals surface area (Å²) in [4.78, 5) is 0. The lowest BCUT2D eigenvalue weighted by molar-refractivity contribution is -0.116. The fourth-order valence-corrected chi connectivity index (χ4v) is 3.51. The smallest absolute Gasteiger partial charge is 0.0728 e. The van der Waals surface area contributed by atoms with Crippen LogP contribution in [0.3, 0.4) is 0 Å². The maximum absolute atomic E-state index is 6.05. The summed E-state index contributed by atoms with van der Waals surface area (Å²) in [6.45, 7) is 0.907. The van der Waals surface area contributed by atoms with E-state index < -0.39 is 0 Å². The molecule has 0 aromatic carbocycles. The summed E-state index contributed by atoms with van der Waals surface area (Å²) in [6, 6.07) is 0.410. The molecule has 0 aromatic heterocycles. The quantitative estimate of drug-likeness (QED) is 0.617. The molecule has 1 aliphatic heterocycles. The van der Waals surface area contributed by atoms with E-state index >= 15 is 0 Å². The fourth-order valence-electron chi connectivity index (χ4n) is 3.51. The van der Waals surface area contributed by atoms with E-state index in [1.165, 1.54) is 25.7 Å². The van der Waals surface area contributed by atoms with Crippen molar-refractivity contribution in [3.8, 4) is 0 Å². The highest BCUT2D eigenvalue weighted by Gasteiger charge is 2.56. The van der Waals surface area contributed by atoms with Gasteiger partial charge in [-0.15, -0.1) is 0 Å². The first-order chi connectivity index (χ1) is 6.30. The van der Waals surface area contributed by atoms with Crippen LogP contribution in [0.2, 0.25) is 0 Å². The van der Waals surface area contributed by atoms with Crippen LogP contribution in [0.1, 0.15) is 38.5 Å². The van der Waals surface area contributed by atoms with Crippen LogP contribution in [0.25, 0.3) is 0 Å². The van der Waals surface area contributed by atoms with Crippen LogP contribution >= 0.6 is 0 Å². The third-order valence-electron chi connectivity index (χ3n) is 4.26. The molecule has 0 bridgehead atoms. The summed E-state index contributed by atoms with van der Waals surface area (Å²) in [5.41, 5.74) is 6.28. The Morgan fingerprint density at radius 3 is 3.08 bits per heavy atom. The van der Waals surface area contributed by atoms with Crippen LogP contribution in [0, 0.1) is 11.8 Å². The molecule has 74 valence electrons. The van der Waals surface area contributed by atoms with Gasteiger partial charge in [0.1, 0.15) is 0 Å². The minimum absolute atomic E-state index is 0.237. The van der Waals surface area contributed by atoms with Crippen LogP contribution in [-0.4, -0.2) is 18.2 Å². The van der Waals surface area contributed by atoms with E-state index in [2.05, 4.69) is 0 Å². The summed E-state index contributed by atoms with van der Waals surface area (Å²) < 4.78 is 6.05. The van der Waals surface area contributed by atoms with Gasteiger partial charge < -0.3 is 10.5 Å². The van der Waals surface area contributed by atoms with Gasteiger partial charge in [-0.2, -0.15) is 0 Å². The molecule has 1 saturated heterocycles. The number of hydrogen-bond donors (Lipinski definition) is 1. The summed E-state index contributed by atoms with van der Waals surface area (Å²) in [5.74, 6) is 1.88. The average Bonchev–Trinajstić information content (AvgIpc) is 2.84. The lowest BCUT2D eigenvalue weighted by atomic mass is 9.78.